The number of carbonyl (C=O) groups is 1. The Labute approximate surface area is 109 Å². The smallest absolute Gasteiger partial charge is 0.276 e. The highest BCUT2D eigenvalue weighted by atomic mass is 35.5. The molecule has 92 valence electrons. The fourth-order valence-electron chi connectivity index (χ4n) is 1.51. The molecule has 1 amide bonds. The van der Waals surface area contributed by atoms with E-state index in [1.165, 1.54) is 23.2 Å². The first-order valence-electron chi connectivity index (χ1n) is 5.26. The maximum atomic E-state index is 12.1. The standard InChI is InChI=1S/C13H11ClN2O2/c1-16(10-3-2-4-11(17)8-10)13(18)12-7-9(14)5-6-15-12/h2-8,17H,1H3. The molecule has 0 aliphatic carbocycles. The normalized spacial score (nSPS) is 10.1. The number of pyridine rings is 1. The third kappa shape index (κ3) is 2.60. The monoisotopic (exact) mass is 262 g/mol. The maximum Gasteiger partial charge on any atom is 0.276 e. The van der Waals surface area contributed by atoms with Gasteiger partial charge in [0.25, 0.3) is 5.91 Å². The van der Waals surface area contributed by atoms with E-state index in [2.05, 4.69) is 4.98 Å². The number of phenols is 1. The van der Waals surface area contributed by atoms with Crippen LogP contribution in [0.2, 0.25) is 5.02 Å². The van der Waals surface area contributed by atoms with Crippen molar-refractivity contribution in [3.05, 3.63) is 53.3 Å². The highest BCUT2D eigenvalue weighted by molar-refractivity contribution is 6.31. The molecular formula is C13H11ClN2O2. The number of nitrogens with zero attached hydrogens (tertiary/aromatic N) is 2. The van der Waals surface area contributed by atoms with Gasteiger partial charge in [0.2, 0.25) is 0 Å². The van der Waals surface area contributed by atoms with E-state index in [-0.39, 0.29) is 17.4 Å². The number of phenolic OH excluding ortho intramolecular Hbond substituents is 1. The number of amides is 1. The quantitative estimate of drug-likeness (QED) is 0.905. The lowest BCUT2D eigenvalue weighted by Crippen LogP contribution is -2.26. The summed E-state index contributed by atoms with van der Waals surface area (Å²) in [6.07, 6.45) is 1.48. The van der Waals surface area contributed by atoms with Crippen molar-refractivity contribution in [3.8, 4) is 5.75 Å². The van der Waals surface area contributed by atoms with E-state index in [0.29, 0.717) is 10.7 Å². The van der Waals surface area contributed by atoms with E-state index in [4.69, 9.17) is 11.6 Å². The third-order valence-corrected chi connectivity index (χ3v) is 2.70. The number of halogens is 1. The number of rotatable bonds is 2. The van der Waals surface area contributed by atoms with Gasteiger partial charge in [0, 0.05) is 30.0 Å². The lowest BCUT2D eigenvalue weighted by Gasteiger charge is -2.17. The maximum absolute atomic E-state index is 12.1. The SMILES string of the molecule is CN(C(=O)c1cc(Cl)ccn1)c1cccc(O)c1. The summed E-state index contributed by atoms with van der Waals surface area (Å²) >= 11 is 5.81. The molecule has 1 aromatic heterocycles. The molecule has 0 fully saturated rings. The summed E-state index contributed by atoms with van der Waals surface area (Å²) in [4.78, 5) is 17.5. The van der Waals surface area contributed by atoms with Gasteiger partial charge in [-0.25, -0.2) is 0 Å². The second-order valence-electron chi connectivity index (χ2n) is 3.74. The van der Waals surface area contributed by atoms with Crippen LogP contribution in [0.15, 0.2) is 42.6 Å². The lowest BCUT2D eigenvalue weighted by atomic mass is 10.2. The fraction of sp³-hybridized carbons (Fsp3) is 0.0769. The molecule has 0 spiro atoms. The van der Waals surface area contributed by atoms with Crippen LogP contribution >= 0.6 is 11.6 Å². The lowest BCUT2D eigenvalue weighted by molar-refractivity contribution is 0.0988. The van der Waals surface area contributed by atoms with E-state index in [1.807, 2.05) is 0 Å². The van der Waals surface area contributed by atoms with Crippen LogP contribution < -0.4 is 4.90 Å². The Morgan fingerprint density at radius 1 is 1.33 bits per heavy atom. The Morgan fingerprint density at radius 2 is 2.11 bits per heavy atom. The average molecular weight is 263 g/mol. The van der Waals surface area contributed by atoms with Crippen molar-refractivity contribution in [2.45, 2.75) is 0 Å². The van der Waals surface area contributed by atoms with Crippen LogP contribution in [0.4, 0.5) is 5.69 Å². The number of carbonyl (C=O) groups excluding carboxylic acids is 1. The molecule has 0 bridgehead atoms. The molecule has 0 aliphatic rings. The van der Waals surface area contributed by atoms with Crippen molar-refractivity contribution in [1.82, 2.24) is 4.98 Å². The van der Waals surface area contributed by atoms with Crippen molar-refractivity contribution in [1.29, 1.82) is 0 Å². The number of benzene rings is 1. The Balaban J connectivity index is 2.29. The zero-order valence-electron chi connectivity index (χ0n) is 9.67. The predicted molar refractivity (Wildman–Crippen MR) is 70.1 cm³/mol. The van der Waals surface area contributed by atoms with Gasteiger partial charge >= 0.3 is 0 Å². The summed E-state index contributed by atoms with van der Waals surface area (Å²) in [5.74, 6) is -0.186. The molecule has 0 radical (unpaired) electrons. The minimum absolute atomic E-state index is 0.103. The highest BCUT2D eigenvalue weighted by Crippen LogP contribution is 2.20. The largest absolute Gasteiger partial charge is 0.508 e. The molecule has 1 heterocycles. The van der Waals surface area contributed by atoms with Crippen LogP contribution in [0, 0.1) is 0 Å². The van der Waals surface area contributed by atoms with Gasteiger partial charge in [-0.05, 0) is 24.3 Å². The van der Waals surface area contributed by atoms with Crippen molar-refractivity contribution in [3.63, 3.8) is 0 Å². The molecule has 0 atom stereocenters. The Hall–Kier alpha value is -2.07. The zero-order valence-corrected chi connectivity index (χ0v) is 10.4. The number of hydrogen-bond acceptors (Lipinski definition) is 3. The first kappa shape index (κ1) is 12.4. The van der Waals surface area contributed by atoms with E-state index in [9.17, 15) is 9.90 Å². The molecule has 2 aromatic rings. The molecule has 0 aliphatic heterocycles. The summed E-state index contributed by atoms with van der Waals surface area (Å²) < 4.78 is 0. The minimum Gasteiger partial charge on any atom is -0.508 e. The molecule has 0 unspecified atom stereocenters. The predicted octanol–water partition coefficient (Wildman–Crippen LogP) is 2.72. The second kappa shape index (κ2) is 5.06. The fourth-order valence-corrected chi connectivity index (χ4v) is 1.67. The van der Waals surface area contributed by atoms with Gasteiger partial charge in [-0.1, -0.05) is 17.7 Å². The van der Waals surface area contributed by atoms with E-state index < -0.39 is 0 Å². The molecule has 1 aromatic carbocycles. The van der Waals surface area contributed by atoms with Crippen LogP contribution in [-0.2, 0) is 0 Å². The topological polar surface area (TPSA) is 53.4 Å². The highest BCUT2D eigenvalue weighted by Gasteiger charge is 2.15. The Morgan fingerprint density at radius 3 is 2.78 bits per heavy atom. The van der Waals surface area contributed by atoms with Crippen LogP contribution in [0.5, 0.6) is 5.75 Å². The van der Waals surface area contributed by atoms with Gasteiger partial charge in [-0.2, -0.15) is 0 Å². The van der Waals surface area contributed by atoms with Gasteiger partial charge in [0.1, 0.15) is 11.4 Å². The molecule has 5 heteroatoms. The summed E-state index contributed by atoms with van der Waals surface area (Å²) in [6.45, 7) is 0. The van der Waals surface area contributed by atoms with Gasteiger partial charge in [0.15, 0.2) is 0 Å². The van der Waals surface area contributed by atoms with Gasteiger partial charge in [-0.15, -0.1) is 0 Å². The zero-order chi connectivity index (χ0) is 13.1. The van der Waals surface area contributed by atoms with Crippen LogP contribution in [0.1, 0.15) is 10.5 Å². The Kier molecular flexibility index (Phi) is 3.48. The van der Waals surface area contributed by atoms with Crippen LogP contribution in [0.3, 0.4) is 0 Å². The third-order valence-electron chi connectivity index (χ3n) is 2.46. The first-order valence-corrected chi connectivity index (χ1v) is 5.64. The molecule has 2 rings (SSSR count). The number of hydrogen-bond donors (Lipinski definition) is 1. The van der Waals surface area contributed by atoms with E-state index >= 15 is 0 Å². The molecule has 0 saturated heterocycles. The van der Waals surface area contributed by atoms with Gasteiger partial charge in [0.05, 0.1) is 0 Å². The number of aromatic nitrogens is 1. The summed E-state index contributed by atoms with van der Waals surface area (Å²) in [5.41, 5.74) is 0.843. The summed E-state index contributed by atoms with van der Waals surface area (Å²) in [5, 5.41) is 9.84. The molecule has 18 heavy (non-hydrogen) atoms. The molecule has 1 N–H and O–H groups in total. The van der Waals surface area contributed by atoms with Crippen molar-refractivity contribution in [2.75, 3.05) is 11.9 Å². The van der Waals surface area contributed by atoms with Crippen molar-refractivity contribution < 1.29 is 9.90 Å². The first-order chi connectivity index (χ1) is 8.58. The average Bonchev–Trinajstić information content (AvgIpc) is 2.37. The summed E-state index contributed by atoms with van der Waals surface area (Å²) in [7, 11) is 1.61. The molecule has 4 nitrogen and oxygen atoms in total. The molecule has 0 saturated carbocycles. The van der Waals surface area contributed by atoms with Crippen molar-refractivity contribution >= 4 is 23.2 Å². The van der Waals surface area contributed by atoms with E-state index in [0.717, 1.165) is 0 Å². The number of anilines is 1. The molecular weight excluding hydrogens is 252 g/mol. The summed E-state index contributed by atoms with van der Waals surface area (Å²) in [6, 6.07) is 9.54. The minimum atomic E-state index is -0.289. The number of aromatic hydroxyl groups is 1. The second-order valence-corrected chi connectivity index (χ2v) is 4.18. The van der Waals surface area contributed by atoms with Gasteiger partial charge < -0.3 is 10.0 Å². The Bertz CT molecular complexity index is 587. The van der Waals surface area contributed by atoms with Crippen molar-refractivity contribution in [2.24, 2.45) is 0 Å². The van der Waals surface area contributed by atoms with E-state index in [1.54, 1.807) is 31.3 Å². The van der Waals surface area contributed by atoms with Gasteiger partial charge in [-0.3, -0.25) is 9.78 Å². The van der Waals surface area contributed by atoms with Crippen LogP contribution in [0.25, 0.3) is 0 Å². The van der Waals surface area contributed by atoms with Crippen LogP contribution in [-0.4, -0.2) is 23.0 Å².